The lowest BCUT2D eigenvalue weighted by Gasteiger charge is -2.09. The number of aliphatic hydroxyl groups is 1. The maximum Gasteiger partial charge on any atom is 0.339 e. The van der Waals surface area contributed by atoms with Crippen molar-refractivity contribution in [2.75, 3.05) is 7.11 Å². The van der Waals surface area contributed by atoms with Crippen molar-refractivity contribution < 1.29 is 19.0 Å². The van der Waals surface area contributed by atoms with Gasteiger partial charge in [-0.05, 0) is 6.07 Å². The molecule has 3 nitrogen and oxygen atoms in total. The minimum Gasteiger partial charge on any atom is -0.467 e. The van der Waals surface area contributed by atoms with Crippen LogP contribution in [0.5, 0.6) is 0 Å². The number of hydrogen-bond donors (Lipinski definition) is 1. The van der Waals surface area contributed by atoms with Crippen LogP contribution in [0.15, 0.2) is 18.2 Å². The van der Waals surface area contributed by atoms with E-state index < -0.39 is 17.9 Å². The summed E-state index contributed by atoms with van der Waals surface area (Å²) < 4.78 is 17.5. The number of benzene rings is 1. The molecule has 0 bridgehead atoms. The Hall–Kier alpha value is -1.13. The number of carbonyl (C=O) groups is 1. The molecule has 0 aliphatic carbocycles. The van der Waals surface area contributed by atoms with E-state index in [1.165, 1.54) is 18.2 Å². The van der Waals surface area contributed by atoms with Gasteiger partial charge in [-0.15, -0.1) is 0 Å². The molecule has 0 aliphatic heterocycles. The van der Waals surface area contributed by atoms with Crippen molar-refractivity contribution in [2.45, 2.75) is 6.10 Å². The van der Waals surface area contributed by atoms with E-state index in [9.17, 15) is 14.3 Å². The minimum absolute atomic E-state index is 0.148. The average Bonchev–Trinajstić information content (AvgIpc) is 2.20. The highest BCUT2D eigenvalue weighted by Gasteiger charge is 2.22. The number of rotatable bonds is 2. The molecule has 0 fully saturated rings. The molecule has 0 saturated heterocycles. The first-order valence-electron chi connectivity index (χ1n) is 3.77. The third-order valence-electron chi connectivity index (χ3n) is 1.70. The van der Waals surface area contributed by atoms with Crippen molar-refractivity contribution in [3.63, 3.8) is 0 Å². The average molecular weight is 219 g/mol. The van der Waals surface area contributed by atoms with E-state index in [4.69, 9.17) is 11.6 Å². The molecular formula is C9H8ClFO3. The predicted molar refractivity (Wildman–Crippen MR) is 48.4 cm³/mol. The normalized spacial score (nSPS) is 12.3. The van der Waals surface area contributed by atoms with Gasteiger partial charge in [-0.2, -0.15) is 0 Å². The summed E-state index contributed by atoms with van der Waals surface area (Å²) in [6, 6.07) is 4.03. The number of hydrogen-bond acceptors (Lipinski definition) is 3. The van der Waals surface area contributed by atoms with Gasteiger partial charge in [0, 0.05) is 5.56 Å². The molecule has 0 saturated carbocycles. The summed E-state index contributed by atoms with van der Waals surface area (Å²) in [7, 11) is 1.11. The molecule has 1 N–H and O–H groups in total. The summed E-state index contributed by atoms with van der Waals surface area (Å²) in [5.74, 6) is -1.74. The van der Waals surface area contributed by atoms with E-state index in [0.29, 0.717) is 0 Å². The van der Waals surface area contributed by atoms with Crippen molar-refractivity contribution in [3.8, 4) is 0 Å². The highest BCUT2D eigenvalue weighted by Crippen LogP contribution is 2.23. The zero-order valence-electron chi connectivity index (χ0n) is 7.33. The number of ether oxygens (including phenoxy) is 1. The molecule has 0 heterocycles. The Morgan fingerprint density at radius 2 is 2.29 bits per heavy atom. The highest BCUT2D eigenvalue weighted by atomic mass is 35.5. The summed E-state index contributed by atoms with van der Waals surface area (Å²) in [5.41, 5.74) is -0.190. The summed E-state index contributed by atoms with van der Waals surface area (Å²) >= 11 is 5.47. The number of halogens is 2. The molecule has 0 aliphatic rings. The zero-order valence-corrected chi connectivity index (χ0v) is 8.08. The summed E-state index contributed by atoms with van der Waals surface area (Å²) in [6.07, 6.45) is -1.64. The Balaban J connectivity index is 3.07. The monoisotopic (exact) mass is 218 g/mol. The van der Waals surface area contributed by atoms with Gasteiger partial charge in [0.05, 0.1) is 12.1 Å². The van der Waals surface area contributed by atoms with Crippen molar-refractivity contribution in [1.29, 1.82) is 0 Å². The van der Waals surface area contributed by atoms with Crippen LogP contribution in [-0.2, 0) is 9.53 Å². The van der Waals surface area contributed by atoms with Crippen LogP contribution in [0.2, 0.25) is 5.02 Å². The van der Waals surface area contributed by atoms with Crippen LogP contribution >= 0.6 is 11.6 Å². The Bertz CT molecular complexity index is 354. The molecule has 1 rings (SSSR count). The second kappa shape index (κ2) is 4.39. The molecular weight excluding hydrogens is 211 g/mol. The molecule has 1 aromatic rings. The first-order valence-corrected chi connectivity index (χ1v) is 4.15. The molecule has 1 atom stereocenters. The van der Waals surface area contributed by atoms with Crippen LogP contribution in [0.25, 0.3) is 0 Å². The van der Waals surface area contributed by atoms with Crippen LogP contribution < -0.4 is 0 Å². The van der Waals surface area contributed by atoms with Crippen LogP contribution in [0, 0.1) is 5.82 Å². The third kappa shape index (κ3) is 2.02. The van der Waals surface area contributed by atoms with Gasteiger partial charge in [-0.3, -0.25) is 0 Å². The lowest BCUT2D eigenvalue weighted by atomic mass is 10.1. The maximum atomic E-state index is 13.2. The summed E-state index contributed by atoms with van der Waals surface area (Å²) in [5, 5.41) is 9.17. The summed E-state index contributed by atoms with van der Waals surface area (Å²) in [6.45, 7) is 0. The van der Waals surface area contributed by atoms with Gasteiger partial charge in [0.1, 0.15) is 5.82 Å². The van der Waals surface area contributed by atoms with Gasteiger partial charge in [0.15, 0.2) is 6.10 Å². The van der Waals surface area contributed by atoms with Crippen molar-refractivity contribution in [1.82, 2.24) is 0 Å². The van der Waals surface area contributed by atoms with Gasteiger partial charge in [-0.25, -0.2) is 9.18 Å². The Morgan fingerprint density at radius 1 is 1.64 bits per heavy atom. The fraction of sp³-hybridized carbons (Fsp3) is 0.222. The summed E-state index contributed by atoms with van der Waals surface area (Å²) in [4.78, 5) is 10.9. The second-order valence-corrected chi connectivity index (χ2v) is 2.98. The highest BCUT2D eigenvalue weighted by molar-refractivity contribution is 6.30. The van der Waals surface area contributed by atoms with Gasteiger partial charge >= 0.3 is 5.97 Å². The molecule has 5 heteroatoms. The largest absolute Gasteiger partial charge is 0.467 e. The van der Waals surface area contributed by atoms with Crippen LogP contribution in [0.1, 0.15) is 11.7 Å². The topological polar surface area (TPSA) is 46.5 Å². The smallest absolute Gasteiger partial charge is 0.339 e. The molecule has 76 valence electrons. The number of aliphatic hydroxyl groups excluding tert-OH is 1. The maximum absolute atomic E-state index is 13.2. The number of carbonyl (C=O) groups excluding carboxylic acids is 1. The zero-order chi connectivity index (χ0) is 10.7. The van der Waals surface area contributed by atoms with Crippen molar-refractivity contribution in [2.24, 2.45) is 0 Å². The Kier molecular flexibility index (Phi) is 3.43. The lowest BCUT2D eigenvalue weighted by Crippen LogP contribution is -2.14. The molecule has 0 spiro atoms. The molecule has 0 aromatic heterocycles. The van der Waals surface area contributed by atoms with Crippen molar-refractivity contribution in [3.05, 3.63) is 34.6 Å². The molecule has 0 radical (unpaired) electrons. The fourth-order valence-corrected chi connectivity index (χ4v) is 1.15. The predicted octanol–water partition coefficient (Wildman–Crippen LogP) is 1.69. The van der Waals surface area contributed by atoms with E-state index in [1.54, 1.807) is 0 Å². The SMILES string of the molecule is COC(=O)C(O)c1cccc(Cl)c1F. The number of esters is 1. The second-order valence-electron chi connectivity index (χ2n) is 2.57. The van der Waals surface area contributed by atoms with Gasteiger partial charge in [-0.1, -0.05) is 23.7 Å². The molecule has 14 heavy (non-hydrogen) atoms. The Morgan fingerprint density at radius 3 is 2.86 bits per heavy atom. The fourth-order valence-electron chi connectivity index (χ4n) is 0.970. The van der Waals surface area contributed by atoms with E-state index >= 15 is 0 Å². The van der Waals surface area contributed by atoms with E-state index in [-0.39, 0.29) is 10.6 Å². The van der Waals surface area contributed by atoms with Crippen molar-refractivity contribution >= 4 is 17.6 Å². The first kappa shape index (κ1) is 10.9. The van der Waals surface area contributed by atoms with Gasteiger partial charge < -0.3 is 9.84 Å². The lowest BCUT2D eigenvalue weighted by molar-refractivity contribution is -0.150. The first-order chi connectivity index (χ1) is 6.57. The van der Waals surface area contributed by atoms with Gasteiger partial charge in [0.25, 0.3) is 0 Å². The quantitative estimate of drug-likeness (QED) is 0.769. The number of methoxy groups -OCH3 is 1. The third-order valence-corrected chi connectivity index (χ3v) is 1.99. The van der Waals surface area contributed by atoms with Gasteiger partial charge in [0.2, 0.25) is 0 Å². The van der Waals surface area contributed by atoms with E-state index in [0.717, 1.165) is 7.11 Å². The van der Waals surface area contributed by atoms with E-state index in [2.05, 4.69) is 4.74 Å². The Labute approximate surface area is 85.1 Å². The molecule has 1 aromatic carbocycles. The molecule has 0 amide bonds. The van der Waals surface area contributed by atoms with Crippen LogP contribution in [0.4, 0.5) is 4.39 Å². The standard InChI is InChI=1S/C9H8ClFO3/c1-14-9(13)8(12)5-3-2-4-6(10)7(5)11/h2-4,8,12H,1H3. The van der Waals surface area contributed by atoms with Crippen LogP contribution in [0.3, 0.4) is 0 Å². The molecule has 1 unspecified atom stereocenters. The van der Waals surface area contributed by atoms with Crippen LogP contribution in [-0.4, -0.2) is 18.2 Å². The van der Waals surface area contributed by atoms with E-state index in [1.807, 2.05) is 0 Å². The minimum atomic E-state index is -1.64.